The zero-order chi connectivity index (χ0) is 13.7. The topological polar surface area (TPSA) is 39.2 Å². The maximum absolute atomic E-state index is 12.3. The average Bonchev–Trinajstić information content (AvgIpc) is 2.47. The van der Waals surface area contributed by atoms with Gasteiger partial charge in [0, 0.05) is 11.8 Å². The van der Waals surface area contributed by atoms with E-state index in [-0.39, 0.29) is 11.0 Å². The lowest BCUT2D eigenvalue weighted by molar-refractivity contribution is 0.0994. The summed E-state index contributed by atoms with van der Waals surface area (Å²) in [5.74, 6) is 0.847. The summed E-state index contributed by atoms with van der Waals surface area (Å²) in [4.78, 5) is 16.5. The summed E-state index contributed by atoms with van der Waals surface area (Å²) < 4.78 is 5.08. The zero-order valence-electron chi connectivity index (χ0n) is 10.9. The summed E-state index contributed by atoms with van der Waals surface area (Å²) in [5.41, 5.74) is 0.691. The minimum absolute atomic E-state index is 0.0957. The van der Waals surface area contributed by atoms with Crippen LogP contribution < -0.4 is 4.74 Å². The van der Waals surface area contributed by atoms with Gasteiger partial charge in [-0.15, -0.1) is 0 Å². The lowest BCUT2D eigenvalue weighted by Crippen LogP contribution is -2.13. The van der Waals surface area contributed by atoms with Crippen LogP contribution in [0, 0.1) is 0 Å². The zero-order valence-corrected chi connectivity index (χ0v) is 11.7. The highest BCUT2D eigenvalue weighted by molar-refractivity contribution is 8.00. The number of ether oxygens (including phenoxy) is 1. The minimum Gasteiger partial charge on any atom is -0.497 e. The fraction of sp³-hybridized carbons (Fsp3) is 0.200. The molecule has 0 radical (unpaired) electrons. The van der Waals surface area contributed by atoms with Gasteiger partial charge in [0.15, 0.2) is 5.78 Å². The van der Waals surface area contributed by atoms with Gasteiger partial charge in [-0.2, -0.15) is 0 Å². The first-order valence-electron chi connectivity index (χ1n) is 5.96. The molecule has 19 heavy (non-hydrogen) atoms. The summed E-state index contributed by atoms with van der Waals surface area (Å²) in [6.45, 7) is 1.89. The maximum atomic E-state index is 12.3. The Hall–Kier alpha value is -1.81. The second kappa shape index (κ2) is 6.38. The van der Waals surface area contributed by atoms with Gasteiger partial charge in [-0.25, -0.2) is 4.98 Å². The molecule has 0 fully saturated rings. The van der Waals surface area contributed by atoms with E-state index >= 15 is 0 Å². The molecule has 2 aromatic rings. The molecule has 0 amide bonds. The lowest BCUT2D eigenvalue weighted by Gasteiger charge is -2.10. The van der Waals surface area contributed by atoms with E-state index in [0.29, 0.717) is 5.56 Å². The summed E-state index contributed by atoms with van der Waals surface area (Å²) >= 11 is 1.46. The van der Waals surface area contributed by atoms with Crippen LogP contribution in [-0.2, 0) is 0 Å². The molecular formula is C15H15NO2S. The first-order chi connectivity index (χ1) is 9.20. The standard InChI is InChI=1S/C15H15NO2S/c1-11(19-14-5-3-4-10-16-14)15(17)12-6-8-13(18-2)9-7-12/h3-11H,1-2H3. The van der Waals surface area contributed by atoms with Crippen molar-refractivity contribution in [3.63, 3.8) is 0 Å². The van der Waals surface area contributed by atoms with Crippen molar-refractivity contribution in [1.82, 2.24) is 4.98 Å². The number of thioether (sulfide) groups is 1. The van der Waals surface area contributed by atoms with Crippen molar-refractivity contribution < 1.29 is 9.53 Å². The Morgan fingerprint density at radius 3 is 2.53 bits per heavy atom. The molecule has 0 N–H and O–H groups in total. The number of hydrogen-bond acceptors (Lipinski definition) is 4. The SMILES string of the molecule is COc1ccc(C(=O)C(C)Sc2ccccn2)cc1. The highest BCUT2D eigenvalue weighted by Gasteiger charge is 2.16. The van der Waals surface area contributed by atoms with Gasteiger partial charge in [0.2, 0.25) is 0 Å². The van der Waals surface area contributed by atoms with Gasteiger partial charge in [-0.3, -0.25) is 4.79 Å². The van der Waals surface area contributed by atoms with Crippen LogP contribution in [0.5, 0.6) is 5.75 Å². The molecule has 0 aliphatic heterocycles. The predicted octanol–water partition coefficient (Wildman–Crippen LogP) is 3.45. The van der Waals surface area contributed by atoms with Gasteiger partial charge in [0.05, 0.1) is 17.4 Å². The van der Waals surface area contributed by atoms with E-state index in [0.717, 1.165) is 10.8 Å². The van der Waals surface area contributed by atoms with Crippen molar-refractivity contribution in [2.24, 2.45) is 0 Å². The first-order valence-corrected chi connectivity index (χ1v) is 6.84. The van der Waals surface area contributed by atoms with Gasteiger partial charge >= 0.3 is 0 Å². The number of rotatable bonds is 5. The number of ketones is 1. The van der Waals surface area contributed by atoms with E-state index in [1.807, 2.05) is 25.1 Å². The van der Waals surface area contributed by atoms with Crippen LogP contribution in [0.3, 0.4) is 0 Å². The Morgan fingerprint density at radius 1 is 1.21 bits per heavy atom. The molecular weight excluding hydrogens is 258 g/mol. The highest BCUT2D eigenvalue weighted by atomic mass is 32.2. The van der Waals surface area contributed by atoms with Crippen LogP contribution in [0.25, 0.3) is 0 Å². The fourth-order valence-electron chi connectivity index (χ4n) is 1.64. The molecule has 0 saturated heterocycles. The summed E-state index contributed by atoms with van der Waals surface area (Å²) in [6, 6.07) is 12.9. The maximum Gasteiger partial charge on any atom is 0.175 e. The Bertz CT molecular complexity index is 540. The lowest BCUT2D eigenvalue weighted by atomic mass is 10.1. The number of methoxy groups -OCH3 is 1. The Labute approximate surface area is 117 Å². The second-order valence-corrected chi connectivity index (χ2v) is 5.38. The van der Waals surface area contributed by atoms with Crippen LogP contribution in [0.1, 0.15) is 17.3 Å². The number of benzene rings is 1. The molecule has 1 unspecified atom stereocenters. The first kappa shape index (κ1) is 13.6. The van der Waals surface area contributed by atoms with Gasteiger partial charge in [0.1, 0.15) is 5.75 Å². The van der Waals surface area contributed by atoms with E-state index in [1.165, 1.54) is 11.8 Å². The third-order valence-corrected chi connectivity index (χ3v) is 3.73. The van der Waals surface area contributed by atoms with Crippen LogP contribution in [-0.4, -0.2) is 23.1 Å². The number of hydrogen-bond donors (Lipinski definition) is 0. The molecule has 0 bridgehead atoms. The van der Waals surface area contributed by atoms with Gasteiger partial charge in [-0.05, 0) is 43.3 Å². The second-order valence-electron chi connectivity index (χ2n) is 4.02. The normalized spacial score (nSPS) is 11.9. The molecule has 1 aromatic carbocycles. The van der Waals surface area contributed by atoms with Crippen molar-refractivity contribution in [2.45, 2.75) is 17.2 Å². The largest absolute Gasteiger partial charge is 0.497 e. The number of carbonyl (C=O) groups excluding carboxylic acids is 1. The van der Waals surface area contributed by atoms with Crippen molar-refractivity contribution in [3.05, 3.63) is 54.2 Å². The Morgan fingerprint density at radius 2 is 1.95 bits per heavy atom. The Kier molecular flexibility index (Phi) is 4.58. The molecule has 4 heteroatoms. The molecule has 98 valence electrons. The number of carbonyl (C=O) groups is 1. The molecule has 2 rings (SSSR count). The minimum atomic E-state index is -0.164. The number of Topliss-reactive ketones (excluding diaryl/α,β-unsaturated/α-hetero) is 1. The molecule has 1 aromatic heterocycles. The van der Waals surface area contributed by atoms with Crippen molar-refractivity contribution in [2.75, 3.05) is 7.11 Å². The molecule has 0 saturated carbocycles. The van der Waals surface area contributed by atoms with E-state index in [9.17, 15) is 4.79 Å². The summed E-state index contributed by atoms with van der Waals surface area (Å²) in [5, 5.41) is 0.695. The van der Waals surface area contributed by atoms with Crippen LogP contribution in [0.2, 0.25) is 0 Å². The summed E-state index contributed by atoms with van der Waals surface area (Å²) in [6.07, 6.45) is 1.73. The Balaban J connectivity index is 2.06. The molecule has 0 aliphatic rings. The van der Waals surface area contributed by atoms with Crippen LogP contribution in [0.15, 0.2) is 53.7 Å². The van der Waals surface area contributed by atoms with Gasteiger partial charge in [0.25, 0.3) is 0 Å². The van der Waals surface area contributed by atoms with E-state index in [2.05, 4.69) is 4.98 Å². The number of nitrogens with zero attached hydrogens (tertiary/aromatic N) is 1. The third kappa shape index (κ3) is 3.58. The molecule has 3 nitrogen and oxygen atoms in total. The number of aromatic nitrogens is 1. The van der Waals surface area contributed by atoms with E-state index < -0.39 is 0 Å². The molecule has 1 heterocycles. The van der Waals surface area contributed by atoms with Gasteiger partial charge in [-0.1, -0.05) is 17.8 Å². The van der Waals surface area contributed by atoms with E-state index in [4.69, 9.17) is 4.74 Å². The average molecular weight is 273 g/mol. The van der Waals surface area contributed by atoms with Crippen molar-refractivity contribution in [1.29, 1.82) is 0 Å². The predicted molar refractivity (Wildman–Crippen MR) is 76.9 cm³/mol. The van der Waals surface area contributed by atoms with Crippen molar-refractivity contribution >= 4 is 17.5 Å². The smallest absolute Gasteiger partial charge is 0.175 e. The quantitative estimate of drug-likeness (QED) is 0.618. The molecule has 0 spiro atoms. The van der Waals surface area contributed by atoms with E-state index in [1.54, 1.807) is 37.6 Å². The van der Waals surface area contributed by atoms with Crippen LogP contribution >= 0.6 is 11.8 Å². The fourth-order valence-corrected chi connectivity index (χ4v) is 2.53. The third-order valence-electron chi connectivity index (χ3n) is 2.68. The van der Waals surface area contributed by atoms with Crippen molar-refractivity contribution in [3.8, 4) is 5.75 Å². The summed E-state index contributed by atoms with van der Waals surface area (Å²) in [7, 11) is 1.61. The number of pyridine rings is 1. The highest BCUT2D eigenvalue weighted by Crippen LogP contribution is 2.24. The monoisotopic (exact) mass is 273 g/mol. The van der Waals surface area contributed by atoms with Crippen LogP contribution in [0.4, 0.5) is 0 Å². The molecule has 0 aliphatic carbocycles. The molecule has 1 atom stereocenters. The van der Waals surface area contributed by atoms with Gasteiger partial charge < -0.3 is 4.74 Å².